The van der Waals surface area contributed by atoms with Crippen LogP contribution in [-0.4, -0.2) is 22.6 Å². The van der Waals surface area contributed by atoms with Crippen LogP contribution in [0.3, 0.4) is 0 Å². The van der Waals surface area contributed by atoms with E-state index < -0.39 is 0 Å². The van der Waals surface area contributed by atoms with Crippen LogP contribution >= 0.6 is 22.6 Å². The number of nitrogens with one attached hydrogen (secondary N) is 1. The lowest BCUT2D eigenvalue weighted by atomic mass is 10.3. The third-order valence-electron chi connectivity index (χ3n) is 1.51. The van der Waals surface area contributed by atoms with Crippen molar-refractivity contribution in [2.75, 3.05) is 12.3 Å². The summed E-state index contributed by atoms with van der Waals surface area (Å²) in [6.45, 7) is 2.76. The highest BCUT2D eigenvalue weighted by molar-refractivity contribution is 14.1. The van der Waals surface area contributed by atoms with Crippen LogP contribution in [0.15, 0.2) is 4.99 Å². The number of hydrogen-bond acceptors (Lipinski definition) is 3. The zero-order chi connectivity index (χ0) is 9.84. The van der Waals surface area contributed by atoms with Crippen molar-refractivity contribution in [1.29, 1.82) is 0 Å². The SMILES string of the molecule is CCCN=C(N)c1c(N)n[nH]c1I. The maximum atomic E-state index is 5.73. The van der Waals surface area contributed by atoms with Gasteiger partial charge in [-0.05, 0) is 29.0 Å². The Morgan fingerprint density at radius 2 is 2.38 bits per heavy atom. The molecule has 0 saturated carbocycles. The molecule has 0 fully saturated rings. The molecule has 5 N–H and O–H groups in total. The molecule has 1 aromatic heterocycles. The Morgan fingerprint density at radius 1 is 1.69 bits per heavy atom. The van der Waals surface area contributed by atoms with Gasteiger partial charge < -0.3 is 11.5 Å². The van der Waals surface area contributed by atoms with Gasteiger partial charge in [-0.1, -0.05) is 6.92 Å². The van der Waals surface area contributed by atoms with Crippen LogP contribution in [0.1, 0.15) is 18.9 Å². The number of aromatic nitrogens is 2. The molecule has 13 heavy (non-hydrogen) atoms. The van der Waals surface area contributed by atoms with Gasteiger partial charge in [0.1, 0.15) is 9.54 Å². The van der Waals surface area contributed by atoms with E-state index in [0.29, 0.717) is 23.8 Å². The predicted molar refractivity (Wildman–Crippen MR) is 61.6 cm³/mol. The summed E-state index contributed by atoms with van der Waals surface area (Å²) in [5, 5.41) is 6.57. The minimum atomic E-state index is 0.404. The predicted octanol–water partition coefficient (Wildman–Crippen LogP) is 0.712. The van der Waals surface area contributed by atoms with Crippen molar-refractivity contribution in [1.82, 2.24) is 10.2 Å². The average Bonchev–Trinajstić information content (AvgIpc) is 2.42. The fraction of sp³-hybridized carbons (Fsp3) is 0.429. The van der Waals surface area contributed by atoms with Crippen molar-refractivity contribution in [2.45, 2.75) is 13.3 Å². The summed E-state index contributed by atoms with van der Waals surface area (Å²) >= 11 is 2.09. The summed E-state index contributed by atoms with van der Waals surface area (Å²) in [4.78, 5) is 4.16. The molecule has 72 valence electrons. The lowest BCUT2D eigenvalue weighted by Crippen LogP contribution is -2.16. The standard InChI is InChI=1S/C7H12IN5/c1-2-3-11-6(9)4-5(8)12-13-7(4)10/h2-3H2,1H3,(H2,9,11)(H3,10,12,13). The summed E-state index contributed by atoms with van der Waals surface area (Å²) in [7, 11) is 0. The average molecular weight is 293 g/mol. The van der Waals surface area contributed by atoms with Gasteiger partial charge >= 0.3 is 0 Å². The number of amidine groups is 1. The molecule has 6 heteroatoms. The molecular weight excluding hydrogens is 281 g/mol. The van der Waals surface area contributed by atoms with Gasteiger partial charge in [0.15, 0.2) is 5.82 Å². The summed E-state index contributed by atoms with van der Waals surface area (Å²) in [5.41, 5.74) is 12.1. The van der Waals surface area contributed by atoms with Gasteiger partial charge in [-0.3, -0.25) is 10.1 Å². The first-order chi connectivity index (χ1) is 6.16. The fourth-order valence-corrected chi connectivity index (χ4v) is 1.56. The highest BCUT2D eigenvalue weighted by Gasteiger charge is 2.11. The highest BCUT2D eigenvalue weighted by Crippen LogP contribution is 2.14. The zero-order valence-electron chi connectivity index (χ0n) is 7.34. The third-order valence-corrected chi connectivity index (χ3v) is 2.29. The molecule has 5 nitrogen and oxygen atoms in total. The fourth-order valence-electron chi connectivity index (χ4n) is 0.889. The van der Waals surface area contributed by atoms with Crippen molar-refractivity contribution in [3.8, 4) is 0 Å². The molecule has 0 aliphatic rings. The summed E-state index contributed by atoms with van der Waals surface area (Å²) in [5.74, 6) is 0.860. The largest absolute Gasteiger partial charge is 0.383 e. The van der Waals surface area contributed by atoms with Gasteiger partial charge in [0, 0.05) is 6.54 Å². The first-order valence-electron chi connectivity index (χ1n) is 3.96. The Labute approximate surface area is 90.1 Å². The Kier molecular flexibility index (Phi) is 3.52. The number of hydrogen-bond donors (Lipinski definition) is 3. The Bertz CT molecular complexity index is 297. The number of nitrogens with two attached hydrogens (primary N) is 2. The van der Waals surface area contributed by atoms with Crippen molar-refractivity contribution < 1.29 is 0 Å². The van der Waals surface area contributed by atoms with Gasteiger partial charge in [-0.2, -0.15) is 5.10 Å². The molecule has 0 radical (unpaired) electrons. The molecule has 0 bridgehead atoms. The van der Waals surface area contributed by atoms with Crippen molar-refractivity contribution in [3.63, 3.8) is 0 Å². The molecule has 1 aromatic rings. The molecule has 0 unspecified atom stereocenters. The van der Waals surface area contributed by atoms with E-state index in [9.17, 15) is 0 Å². The highest BCUT2D eigenvalue weighted by atomic mass is 127. The molecule has 0 amide bonds. The van der Waals surface area contributed by atoms with Crippen molar-refractivity contribution in [2.24, 2.45) is 10.7 Å². The minimum absolute atomic E-state index is 0.404. The van der Waals surface area contributed by atoms with Gasteiger partial charge in [-0.25, -0.2) is 0 Å². The van der Waals surface area contributed by atoms with E-state index in [1.54, 1.807) is 0 Å². The molecule has 0 aliphatic heterocycles. The number of rotatable bonds is 3. The summed E-state index contributed by atoms with van der Waals surface area (Å²) in [6.07, 6.45) is 0.967. The van der Waals surface area contributed by atoms with E-state index in [4.69, 9.17) is 11.5 Å². The van der Waals surface area contributed by atoms with E-state index in [0.717, 1.165) is 10.1 Å². The van der Waals surface area contributed by atoms with Gasteiger partial charge in [-0.15, -0.1) is 0 Å². The van der Waals surface area contributed by atoms with Crippen LogP contribution in [0.25, 0.3) is 0 Å². The monoisotopic (exact) mass is 293 g/mol. The van der Waals surface area contributed by atoms with E-state index in [1.807, 2.05) is 6.92 Å². The van der Waals surface area contributed by atoms with Crippen molar-refractivity contribution >= 4 is 34.2 Å². The number of nitrogen functional groups attached to an aromatic ring is 1. The lowest BCUT2D eigenvalue weighted by molar-refractivity contribution is 0.930. The molecule has 0 spiro atoms. The van der Waals surface area contributed by atoms with E-state index in [-0.39, 0.29) is 0 Å². The van der Waals surface area contributed by atoms with E-state index in [1.165, 1.54) is 0 Å². The Morgan fingerprint density at radius 3 is 2.85 bits per heavy atom. The summed E-state index contributed by atoms with van der Waals surface area (Å²) in [6, 6.07) is 0. The summed E-state index contributed by atoms with van der Waals surface area (Å²) < 4.78 is 0.826. The quantitative estimate of drug-likeness (QED) is 0.435. The molecule has 0 saturated heterocycles. The number of aliphatic imine (C=N–C) groups is 1. The first-order valence-corrected chi connectivity index (χ1v) is 5.04. The van der Waals surface area contributed by atoms with Gasteiger partial charge in [0.25, 0.3) is 0 Å². The maximum Gasteiger partial charge on any atom is 0.157 e. The molecule has 0 atom stereocenters. The number of nitrogens with zero attached hydrogens (tertiary/aromatic N) is 2. The van der Waals surface area contributed by atoms with Crippen LogP contribution in [0.2, 0.25) is 0 Å². The van der Waals surface area contributed by atoms with Crippen LogP contribution in [0.5, 0.6) is 0 Å². The first kappa shape index (κ1) is 10.3. The molecule has 0 aromatic carbocycles. The van der Waals surface area contributed by atoms with Crippen LogP contribution < -0.4 is 11.5 Å². The number of halogens is 1. The number of H-pyrrole nitrogens is 1. The van der Waals surface area contributed by atoms with Crippen LogP contribution in [0.4, 0.5) is 5.82 Å². The van der Waals surface area contributed by atoms with Gasteiger partial charge in [0.05, 0.1) is 5.56 Å². The molecule has 0 aliphatic carbocycles. The second kappa shape index (κ2) is 4.45. The second-order valence-corrected chi connectivity index (χ2v) is 3.64. The van der Waals surface area contributed by atoms with Crippen molar-refractivity contribution in [3.05, 3.63) is 9.26 Å². The Hall–Kier alpha value is -0.790. The van der Waals surface area contributed by atoms with E-state index >= 15 is 0 Å². The number of anilines is 1. The normalized spacial score (nSPS) is 12.0. The molecule has 1 heterocycles. The smallest absolute Gasteiger partial charge is 0.157 e. The topological polar surface area (TPSA) is 93.1 Å². The maximum absolute atomic E-state index is 5.73. The van der Waals surface area contributed by atoms with Gasteiger partial charge in [0.2, 0.25) is 0 Å². The van der Waals surface area contributed by atoms with E-state index in [2.05, 4.69) is 37.8 Å². The lowest BCUT2D eigenvalue weighted by Gasteiger charge is -1.98. The second-order valence-electron chi connectivity index (χ2n) is 2.56. The number of aromatic amines is 1. The Balaban J connectivity index is 2.93. The van der Waals surface area contributed by atoms with Crippen LogP contribution in [-0.2, 0) is 0 Å². The van der Waals surface area contributed by atoms with Crippen LogP contribution in [0, 0.1) is 3.70 Å². The molecular formula is C7H12IN5. The molecule has 1 rings (SSSR count). The third kappa shape index (κ3) is 2.33. The minimum Gasteiger partial charge on any atom is -0.383 e. The zero-order valence-corrected chi connectivity index (χ0v) is 9.50.